The first-order valence-corrected chi connectivity index (χ1v) is 6.66. The minimum Gasteiger partial charge on any atom is -0.345 e. The van der Waals surface area contributed by atoms with Gasteiger partial charge in [-0.05, 0) is 26.8 Å². The summed E-state index contributed by atoms with van der Waals surface area (Å²) < 4.78 is 0. The van der Waals surface area contributed by atoms with E-state index in [-0.39, 0.29) is 11.8 Å². The Morgan fingerprint density at radius 3 is 2.33 bits per heavy atom. The molecule has 0 bridgehead atoms. The molecule has 0 aliphatic carbocycles. The average molecular weight is 257 g/mol. The molecule has 5 heteroatoms. The highest BCUT2D eigenvalue weighted by molar-refractivity contribution is 5.87. The smallest absolute Gasteiger partial charge is 0.244 e. The SMILES string of the molecule is CCN(C)C(=O)C(C)NC(=O)CCCNC(C)C. The summed E-state index contributed by atoms with van der Waals surface area (Å²) in [5, 5.41) is 5.97. The van der Waals surface area contributed by atoms with E-state index in [4.69, 9.17) is 0 Å². The normalized spacial score (nSPS) is 12.3. The maximum Gasteiger partial charge on any atom is 0.244 e. The van der Waals surface area contributed by atoms with Gasteiger partial charge < -0.3 is 15.5 Å². The Balaban J connectivity index is 3.83. The third kappa shape index (κ3) is 7.27. The Kier molecular flexibility index (Phi) is 8.37. The second kappa shape index (κ2) is 8.91. The lowest BCUT2D eigenvalue weighted by Gasteiger charge is -2.20. The highest BCUT2D eigenvalue weighted by Gasteiger charge is 2.17. The van der Waals surface area contributed by atoms with Crippen LogP contribution in [0.5, 0.6) is 0 Å². The van der Waals surface area contributed by atoms with Gasteiger partial charge in [-0.25, -0.2) is 0 Å². The van der Waals surface area contributed by atoms with E-state index >= 15 is 0 Å². The van der Waals surface area contributed by atoms with Crippen LogP contribution in [0.15, 0.2) is 0 Å². The number of hydrogen-bond donors (Lipinski definition) is 2. The molecule has 5 nitrogen and oxygen atoms in total. The predicted molar refractivity (Wildman–Crippen MR) is 73.3 cm³/mol. The topological polar surface area (TPSA) is 61.4 Å². The number of nitrogens with zero attached hydrogens (tertiary/aromatic N) is 1. The van der Waals surface area contributed by atoms with Crippen LogP contribution in [-0.2, 0) is 9.59 Å². The molecule has 0 saturated heterocycles. The Hall–Kier alpha value is -1.10. The Morgan fingerprint density at radius 2 is 1.83 bits per heavy atom. The summed E-state index contributed by atoms with van der Waals surface area (Å²) in [4.78, 5) is 24.9. The van der Waals surface area contributed by atoms with Crippen LogP contribution in [0.3, 0.4) is 0 Å². The second-order valence-corrected chi connectivity index (χ2v) is 4.85. The molecule has 0 fully saturated rings. The molecule has 0 saturated carbocycles. The van der Waals surface area contributed by atoms with Gasteiger partial charge in [-0.15, -0.1) is 0 Å². The molecule has 0 aromatic carbocycles. The van der Waals surface area contributed by atoms with E-state index in [1.165, 1.54) is 0 Å². The number of likely N-dealkylation sites (N-methyl/N-ethyl adjacent to an activating group) is 1. The highest BCUT2D eigenvalue weighted by atomic mass is 16.2. The van der Waals surface area contributed by atoms with E-state index in [1.807, 2.05) is 6.92 Å². The second-order valence-electron chi connectivity index (χ2n) is 4.85. The van der Waals surface area contributed by atoms with Gasteiger partial charge in [0.05, 0.1) is 0 Å². The molecule has 0 heterocycles. The van der Waals surface area contributed by atoms with Crippen molar-refractivity contribution in [3.63, 3.8) is 0 Å². The number of hydrogen-bond acceptors (Lipinski definition) is 3. The van der Waals surface area contributed by atoms with Crippen LogP contribution < -0.4 is 10.6 Å². The number of rotatable bonds is 8. The van der Waals surface area contributed by atoms with Crippen molar-refractivity contribution in [3.8, 4) is 0 Å². The van der Waals surface area contributed by atoms with Gasteiger partial charge in [0.25, 0.3) is 0 Å². The molecule has 1 atom stereocenters. The number of nitrogens with one attached hydrogen (secondary N) is 2. The van der Waals surface area contributed by atoms with Crippen LogP contribution in [0.1, 0.15) is 40.5 Å². The van der Waals surface area contributed by atoms with Crippen molar-refractivity contribution < 1.29 is 9.59 Å². The Labute approximate surface area is 110 Å². The molecule has 0 aromatic rings. The first-order chi connectivity index (χ1) is 8.38. The monoisotopic (exact) mass is 257 g/mol. The Bertz CT molecular complexity index is 267. The lowest BCUT2D eigenvalue weighted by molar-refractivity contribution is -0.134. The molecule has 0 rings (SSSR count). The zero-order valence-corrected chi connectivity index (χ0v) is 12.2. The molecule has 2 N–H and O–H groups in total. The first kappa shape index (κ1) is 16.9. The third-order valence-corrected chi connectivity index (χ3v) is 2.73. The van der Waals surface area contributed by atoms with Crippen molar-refractivity contribution in [1.29, 1.82) is 0 Å². The summed E-state index contributed by atoms with van der Waals surface area (Å²) in [6, 6.07) is -0.00715. The number of carbonyl (C=O) groups excluding carboxylic acids is 2. The minimum atomic E-state index is -0.444. The van der Waals surface area contributed by atoms with E-state index in [0.29, 0.717) is 19.0 Å². The lowest BCUT2D eigenvalue weighted by atomic mass is 10.2. The molecule has 0 radical (unpaired) electrons. The minimum absolute atomic E-state index is 0.0499. The summed E-state index contributed by atoms with van der Waals surface area (Å²) in [6.07, 6.45) is 1.24. The maximum absolute atomic E-state index is 11.7. The van der Waals surface area contributed by atoms with Crippen molar-refractivity contribution in [1.82, 2.24) is 15.5 Å². The van der Waals surface area contributed by atoms with Gasteiger partial charge >= 0.3 is 0 Å². The van der Waals surface area contributed by atoms with Crippen LogP contribution in [0.25, 0.3) is 0 Å². The quantitative estimate of drug-likeness (QED) is 0.631. The van der Waals surface area contributed by atoms with Crippen LogP contribution in [-0.4, -0.2) is 48.9 Å². The fourth-order valence-electron chi connectivity index (χ4n) is 1.50. The molecule has 2 amide bonds. The third-order valence-electron chi connectivity index (χ3n) is 2.73. The molecule has 0 aliphatic heterocycles. The molecule has 0 spiro atoms. The van der Waals surface area contributed by atoms with Crippen molar-refractivity contribution in [2.24, 2.45) is 0 Å². The van der Waals surface area contributed by atoms with Crippen LogP contribution in [0.2, 0.25) is 0 Å². The van der Waals surface area contributed by atoms with Crippen molar-refractivity contribution in [2.75, 3.05) is 20.1 Å². The number of carbonyl (C=O) groups is 2. The molecule has 1 unspecified atom stereocenters. The standard InChI is InChI=1S/C13H27N3O2/c1-6-16(5)13(18)11(4)15-12(17)8-7-9-14-10(2)3/h10-11,14H,6-9H2,1-5H3,(H,15,17). The van der Waals surface area contributed by atoms with Gasteiger partial charge in [0, 0.05) is 26.1 Å². The van der Waals surface area contributed by atoms with E-state index in [0.717, 1.165) is 13.0 Å². The molecule has 106 valence electrons. The first-order valence-electron chi connectivity index (χ1n) is 6.66. The summed E-state index contributed by atoms with van der Waals surface area (Å²) in [6.45, 7) is 9.24. The molecular formula is C13H27N3O2. The predicted octanol–water partition coefficient (Wildman–Crippen LogP) is 0.748. The lowest BCUT2D eigenvalue weighted by Crippen LogP contribution is -2.45. The van der Waals surface area contributed by atoms with Gasteiger partial charge in [0.2, 0.25) is 11.8 Å². The van der Waals surface area contributed by atoms with Crippen LogP contribution >= 0.6 is 0 Å². The molecule has 0 aliphatic rings. The zero-order valence-electron chi connectivity index (χ0n) is 12.2. The van der Waals surface area contributed by atoms with Crippen molar-refractivity contribution in [2.45, 2.75) is 52.6 Å². The van der Waals surface area contributed by atoms with Crippen LogP contribution in [0, 0.1) is 0 Å². The van der Waals surface area contributed by atoms with Crippen molar-refractivity contribution in [3.05, 3.63) is 0 Å². The van der Waals surface area contributed by atoms with Gasteiger partial charge in [-0.3, -0.25) is 9.59 Å². The maximum atomic E-state index is 11.7. The van der Waals surface area contributed by atoms with Gasteiger partial charge in [-0.1, -0.05) is 13.8 Å². The van der Waals surface area contributed by atoms with E-state index in [2.05, 4.69) is 24.5 Å². The average Bonchev–Trinajstić information content (AvgIpc) is 2.32. The molecular weight excluding hydrogens is 230 g/mol. The number of amides is 2. The largest absolute Gasteiger partial charge is 0.345 e. The summed E-state index contributed by atoms with van der Waals surface area (Å²) in [5.41, 5.74) is 0. The fourth-order valence-corrected chi connectivity index (χ4v) is 1.50. The van der Waals surface area contributed by atoms with E-state index < -0.39 is 6.04 Å². The van der Waals surface area contributed by atoms with Gasteiger partial charge in [-0.2, -0.15) is 0 Å². The fraction of sp³-hybridized carbons (Fsp3) is 0.846. The van der Waals surface area contributed by atoms with Gasteiger partial charge in [0.15, 0.2) is 0 Å². The van der Waals surface area contributed by atoms with E-state index in [1.54, 1.807) is 18.9 Å². The van der Waals surface area contributed by atoms with Crippen LogP contribution in [0.4, 0.5) is 0 Å². The molecule has 18 heavy (non-hydrogen) atoms. The zero-order chi connectivity index (χ0) is 14.1. The summed E-state index contributed by atoms with van der Waals surface area (Å²) in [7, 11) is 1.73. The van der Waals surface area contributed by atoms with E-state index in [9.17, 15) is 9.59 Å². The summed E-state index contributed by atoms with van der Waals surface area (Å²) in [5.74, 6) is -0.114. The summed E-state index contributed by atoms with van der Waals surface area (Å²) >= 11 is 0. The Morgan fingerprint density at radius 1 is 1.22 bits per heavy atom. The van der Waals surface area contributed by atoms with Crippen molar-refractivity contribution >= 4 is 11.8 Å². The van der Waals surface area contributed by atoms with Gasteiger partial charge in [0.1, 0.15) is 6.04 Å². The highest BCUT2D eigenvalue weighted by Crippen LogP contribution is 1.94. The molecule has 0 aromatic heterocycles.